The van der Waals surface area contributed by atoms with Crippen LogP contribution in [0.3, 0.4) is 0 Å². The number of hydrogen-bond donors (Lipinski definition) is 2. The van der Waals surface area contributed by atoms with Crippen LogP contribution in [-0.4, -0.2) is 48.3 Å². The summed E-state index contributed by atoms with van der Waals surface area (Å²) in [6, 6.07) is 8.29. The fraction of sp³-hybridized carbons (Fsp3) is 0.600. The minimum Gasteiger partial charge on any atom is -0.374 e. The molecule has 2 unspecified atom stereocenters. The topological polar surface area (TPSA) is 66.5 Å². The van der Waals surface area contributed by atoms with Crippen LogP contribution in [0, 0.1) is 18.3 Å². The van der Waals surface area contributed by atoms with Gasteiger partial charge >= 0.3 is 6.03 Å². The lowest BCUT2D eigenvalue weighted by Crippen LogP contribution is -2.47. The van der Waals surface area contributed by atoms with E-state index >= 15 is 0 Å². The Hall–Kier alpha value is -1.96. The Balaban J connectivity index is 1.25. The first-order chi connectivity index (χ1) is 15.3. The summed E-state index contributed by atoms with van der Waals surface area (Å²) in [5, 5.41) is 6.62. The number of thiazole rings is 1. The van der Waals surface area contributed by atoms with Crippen LogP contribution in [0.2, 0.25) is 0 Å². The first kappa shape index (κ1) is 23.2. The fourth-order valence-electron chi connectivity index (χ4n) is 4.59. The third-order valence-electron chi connectivity index (χ3n) is 6.75. The highest BCUT2D eigenvalue weighted by atomic mass is 32.1. The maximum Gasteiger partial charge on any atom is 0.321 e. The average molecular weight is 457 g/mol. The van der Waals surface area contributed by atoms with Crippen LogP contribution < -0.4 is 10.6 Å². The SMILES string of the molecule is Cc1ccccc1CN1CCOC(CNC(=O)Nc2nc3c(s2)CC(C(C)(C)C)CC3)C1. The predicted molar refractivity (Wildman–Crippen MR) is 130 cm³/mol. The van der Waals surface area contributed by atoms with Gasteiger partial charge in [-0.2, -0.15) is 0 Å². The highest BCUT2D eigenvalue weighted by Gasteiger charge is 2.31. The number of fused-ring (bicyclic) bond motifs is 1. The van der Waals surface area contributed by atoms with Gasteiger partial charge in [0, 0.05) is 31.1 Å². The molecule has 2 heterocycles. The van der Waals surface area contributed by atoms with Gasteiger partial charge in [-0.1, -0.05) is 45.0 Å². The Morgan fingerprint density at radius 2 is 2.12 bits per heavy atom. The smallest absolute Gasteiger partial charge is 0.321 e. The fourth-order valence-corrected chi connectivity index (χ4v) is 5.67. The van der Waals surface area contributed by atoms with Gasteiger partial charge in [-0.15, -0.1) is 11.3 Å². The molecule has 1 aromatic carbocycles. The summed E-state index contributed by atoms with van der Waals surface area (Å²) in [5.41, 5.74) is 4.13. The zero-order chi connectivity index (χ0) is 22.7. The maximum absolute atomic E-state index is 12.5. The van der Waals surface area contributed by atoms with Crippen molar-refractivity contribution >= 4 is 22.5 Å². The molecule has 4 rings (SSSR count). The van der Waals surface area contributed by atoms with E-state index < -0.39 is 0 Å². The third-order valence-corrected chi connectivity index (χ3v) is 7.79. The number of carbonyl (C=O) groups is 1. The molecule has 32 heavy (non-hydrogen) atoms. The lowest BCUT2D eigenvalue weighted by molar-refractivity contribution is -0.0286. The van der Waals surface area contributed by atoms with E-state index in [1.165, 1.54) is 22.4 Å². The Labute approximate surface area is 195 Å². The van der Waals surface area contributed by atoms with Crippen molar-refractivity contribution in [2.45, 2.75) is 59.6 Å². The van der Waals surface area contributed by atoms with Gasteiger partial charge in [0.25, 0.3) is 0 Å². The van der Waals surface area contributed by atoms with E-state index in [1.54, 1.807) is 11.3 Å². The first-order valence-electron chi connectivity index (χ1n) is 11.7. The van der Waals surface area contributed by atoms with E-state index in [-0.39, 0.29) is 12.1 Å². The number of urea groups is 1. The molecule has 2 aromatic rings. The largest absolute Gasteiger partial charge is 0.374 e. The number of carbonyl (C=O) groups excluding carboxylic acids is 1. The van der Waals surface area contributed by atoms with Crippen LogP contribution in [0.4, 0.5) is 9.93 Å². The van der Waals surface area contributed by atoms with Crippen molar-refractivity contribution in [3.05, 3.63) is 46.0 Å². The molecule has 1 fully saturated rings. The number of rotatable bonds is 5. The zero-order valence-corrected chi connectivity index (χ0v) is 20.6. The monoisotopic (exact) mass is 456 g/mol. The number of morpholine rings is 1. The van der Waals surface area contributed by atoms with Crippen LogP contribution in [0.5, 0.6) is 0 Å². The van der Waals surface area contributed by atoms with Crippen molar-refractivity contribution in [2.75, 3.05) is 31.6 Å². The molecule has 2 N–H and O–H groups in total. The van der Waals surface area contributed by atoms with Gasteiger partial charge < -0.3 is 10.1 Å². The number of benzene rings is 1. The maximum atomic E-state index is 12.5. The molecule has 0 radical (unpaired) electrons. The molecular formula is C25H36N4O2S. The molecular weight excluding hydrogens is 420 g/mol. The Morgan fingerprint density at radius 1 is 1.31 bits per heavy atom. The number of anilines is 1. The molecule has 1 saturated heterocycles. The van der Waals surface area contributed by atoms with Gasteiger partial charge in [-0.25, -0.2) is 9.78 Å². The third kappa shape index (κ3) is 5.88. The van der Waals surface area contributed by atoms with Crippen molar-refractivity contribution in [2.24, 2.45) is 11.3 Å². The normalized spacial score (nSPS) is 21.8. The summed E-state index contributed by atoms with van der Waals surface area (Å²) < 4.78 is 5.89. The first-order valence-corrected chi connectivity index (χ1v) is 12.5. The van der Waals surface area contributed by atoms with Crippen LogP contribution in [0.15, 0.2) is 24.3 Å². The zero-order valence-electron chi connectivity index (χ0n) is 19.7. The van der Waals surface area contributed by atoms with E-state index in [0.29, 0.717) is 29.6 Å². The number of hydrogen-bond acceptors (Lipinski definition) is 5. The Kier molecular flexibility index (Phi) is 7.17. The van der Waals surface area contributed by atoms with Crippen molar-refractivity contribution in [3.63, 3.8) is 0 Å². The number of nitrogens with one attached hydrogen (secondary N) is 2. The lowest BCUT2D eigenvalue weighted by atomic mass is 9.73. The van der Waals surface area contributed by atoms with Crippen LogP contribution >= 0.6 is 11.3 Å². The van der Waals surface area contributed by atoms with Gasteiger partial charge in [0.1, 0.15) is 0 Å². The van der Waals surface area contributed by atoms with Gasteiger partial charge in [-0.05, 0) is 48.6 Å². The predicted octanol–water partition coefficient (Wildman–Crippen LogP) is 4.63. The second kappa shape index (κ2) is 9.89. The summed E-state index contributed by atoms with van der Waals surface area (Å²) >= 11 is 1.63. The molecule has 2 atom stereocenters. The molecule has 7 heteroatoms. The van der Waals surface area contributed by atoms with Gasteiger partial charge in [0.05, 0.1) is 18.4 Å². The molecule has 6 nitrogen and oxygen atoms in total. The van der Waals surface area contributed by atoms with E-state index in [9.17, 15) is 4.79 Å². The minimum atomic E-state index is -0.205. The number of nitrogens with zero attached hydrogens (tertiary/aromatic N) is 2. The molecule has 1 aliphatic heterocycles. The van der Waals surface area contributed by atoms with Crippen LogP contribution in [0.1, 0.15) is 48.9 Å². The van der Waals surface area contributed by atoms with Gasteiger partial charge in [0.2, 0.25) is 0 Å². The van der Waals surface area contributed by atoms with Gasteiger partial charge in [0.15, 0.2) is 5.13 Å². The van der Waals surface area contributed by atoms with E-state index in [1.807, 2.05) is 0 Å². The summed E-state index contributed by atoms with van der Waals surface area (Å²) in [4.78, 5) is 20.9. The quantitative estimate of drug-likeness (QED) is 0.689. The molecule has 0 bridgehead atoms. The van der Waals surface area contributed by atoms with E-state index in [2.05, 4.69) is 72.5 Å². The molecule has 1 aromatic heterocycles. The molecule has 0 spiro atoms. The number of aryl methyl sites for hydroxylation is 2. The van der Waals surface area contributed by atoms with Crippen molar-refractivity contribution < 1.29 is 9.53 Å². The molecule has 174 valence electrons. The highest BCUT2D eigenvalue weighted by molar-refractivity contribution is 7.15. The molecule has 2 amide bonds. The number of ether oxygens (including phenoxy) is 1. The average Bonchev–Trinajstić information content (AvgIpc) is 3.15. The Bertz CT molecular complexity index is 936. The minimum absolute atomic E-state index is 0.00411. The summed E-state index contributed by atoms with van der Waals surface area (Å²) in [6.07, 6.45) is 3.23. The second-order valence-electron chi connectivity index (χ2n) is 10.2. The van der Waals surface area contributed by atoms with E-state index in [0.717, 1.165) is 38.2 Å². The number of aromatic nitrogens is 1. The molecule has 0 saturated carbocycles. The molecule has 2 aliphatic rings. The summed E-state index contributed by atoms with van der Waals surface area (Å²) in [6.45, 7) is 12.9. The standard InChI is InChI=1S/C25H36N4O2S/c1-17-7-5-6-8-18(17)15-29-11-12-31-20(16-29)14-26-23(30)28-24-27-21-10-9-19(25(2,3)4)13-22(21)32-24/h5-8,19-20H,9-16H2,1-4H3,(H2,26,27,28,30). The molecule has 1 aliphatic carbocycles. The van der Waals surface area contributed by atoms with Gasteiger partial charge in [-0.3, -0.25) is 10.2 Å². The second-order valence-corrected chi connectivity index (χ2v) is 11.3. The van der Waals surface area contributed by atoms with Crippen LogP contribution in [0.25, 0.3) is 0 Å². The van der Waals surface area contributed by atoms with E-state index in [4.69, 9.17) is 4.74 Å². The van der Waals surface area contributed by atoms with Crippen molar-refractivity contribution in [1.29, 1.82) is 0 Å². The van der Waals surface area contributed by atoms with Crippen molar-refractivity contribution in [3.8, 4) is 0 Å². The van der Waals surface area contributed by atoms with Crippen molar-refractivity contribution in [1.82, 2.24) is 15.2 Å². The number of amides is 2. The Morgan fingerprint density at radius 3 is 2.91 bits per heavy atom. The highest BCUT2D eigenvalue weighted by Crippen LogP contribution is 2.40. The summed E-state index contributed by atoms with van der Waals surface area (Å²) in [5.74, 6) is 0.670. The lowest BCUT2D eigenvalue weighted by Gasteiger charge is -2.33. The summed E-state index contributed by atoms with van der Waals surface area (Å²) in [7, 11) is 0. The van der Waals surface area contributed by atoms with Crippen LogP contribution in [-0.2, 0) is 24.1 Å².